The van der Waals surface area contributed by atoms with Gasteiger partial charge in [0.2, 0.25) is 5.91 Å². The van der Waals surface area contributed by atoms with Crippen LogP contribution in [0.2, 0.25) is 0 Å². The number of aliphatic hydroxyl groups excluding tert-OH is 1. The third kappa shape index (κ3) is 7.00. The van der Waals surface area contributed by atoms with Crippen LogP contribution in [-0.2, 0) is 9.53 Å². The fourth-order valence-electron chi connectivity index (χ4n) is 1.65. The number of methoxy groups -OCH3 is 1. The van der Waals surface area contributed by atoms with Gasteiger partial charge in [0, 0.05) is 37.6 Å². The number of benzene rings is 1. The van der Waals surface area contributed by atoms with Crippen molar-refractivity contribution in [2.24, 2.45) is 0 Å². The van der Waals surface area contributed by atoms with Gasteiger partial charge < -0.3 is 20.5 Å². The summed E-state index contributed by atoms with van der Waals surface area (Å²) in [4.78, 5) is 11.4. The zero-order chi connectivity index (χ0) is 14.8. The van der Waals surface area contributed by atoms with Crippen LogP contribution in [0, 0.1) is 0 Å². The van der Waals surface area contributed by atoms with Crippen molar-refractivity contribution in [3.8, 4) is 0 Å². The Bertz CT molecular complexity index is 415. The first-order valence-electron chi connectivity index (χ1n) is 6.53. The molecule has 1 rings (SSSR count). The van der Waals surface area contributed by atoms with Crippen LogP contribution in [0.5, 0.6) is 0 Å². The Balaban J connectivity index is 2.16. The zero-order valence-corrected chi connectivity index (χ0v) is 13.1. The number of halogens is 1. The minimum absolute atomic E-state index is 0.0218. The average molecular weight is 345 g/mol. The average Bonchev–Trinajstić information content (AvgIpc) is 2.43. The van der Waals surface area contributed by atoms with Gasteiger partial charge in [0.25, 0.3) is 0 Å². The Morgan fingerprint density at radius 1 is 1.45 bits per heavy atom. The lowest BCUT2D eigenvalue weighted by molar-refractivity contribution is -0.121. The molecule has 1 amide bonds. The van der Waals surface area contributed by atoms with Crippen molar-refractivity contribution in [1.29, 1.82) is 0 Å². The van der Waals surface area contributed by atoms with Crippen molar-refractivity contribution in [2.75, 3.05) is 33.4 Å². The summed E-state index contributed by atoms with van der Waals surface area (Å²) < 4.78 is 5.78. The molecule has 0 spiro atoms. The third-order valence-electron chi connectivity index (χ3n) is 2.73. The Hall–Kier alpha value is -0.950. The highest BCUT2D eigenvalue weighted by Crippen LogP contribution is 2.17. The molecule has 0 heterocycles. The second-order valence-corrected chi connectivity index (χ2v) is 5.28. The first-order chi connectivity index (χ1) is 9.63. The van der Waals surface area contributed by atoms with Crippen molar-refractivity contribution in [3.05, 3.63) is 34.3 Å². The van der Waals surface area contributed by atoms with Gasteiger partial charge in [-0.1, -0.05) is 28.1 Å². The van der Waals surface area contributed by atoms with E-state index in [9.17, 15) is 9.90 Å². The number of carbonyl (C=O) groups excluding carboxylic acids is 1. The molecule has 1 aromatic rings. The van der Waals surface area contributed by atoms with Gasteiger partial charge in [0.05, 0.1) is 12.7 Å². The number of carbonyl (C=O) groups is 1. The summed E-state index contributed by atoms with van der Waals surface area (Å²) in [5.74, 6) is -0.0218. The Kier molecular flexibility index (Phi) is 8.45. The number of aliphatic hydroxyl groups is 1. The zero-order valence-electron chi connectivity index (χ0n) is 11.6. The molecule has 0 radical (unpaired) electrons. The van der Waals surface area contributed by atoms with Crippen LogP contribution in [0.15, 0.2) is 28.7 Å². The van der Waals surface area contributed by atoms with Gasteiger partial charge in [-0.25, -0.2) is 0 Å². The first-order valence-corrected chi connectivity index (χ1v) is 7.32. The van der Waals surface area contributed by atoms with Crippen LogP contribution in [0.25, 0.3) is 0 Å². The van der Waals surface area contributed by atoms with E-state index in [1.807, 2.05) is 24.3 Å². The van der Waals surface area contributed by atoms with Gasteiger partial charge >= 0.3 is 0 Å². The second kappa shape index (κ2) is 9.88. The molecule has 0 saturated carbocycles. The maximum Gasteiger partial charge on any atom is 0.221 e. The molecular formula is C14H21BrN2O3. The smallest absolute Gasteiger partial charge is 0.221 e. The van der Waals surface area contributed by atoms with Crippen molar-refractivity contribution in [1.82, 2.24) is 10.6 Å². The molecule has 0 aliphatic rings. The molecule has 5 nitrogen and oxygen atoms in total. The molecule has 0 saturated heterocycles. The van der Waals surface area contributed by atoms with Gasteiger partial charge in [-0.15, -0.1) is 0 Å². The van der Waals surface area contributed by atoms with E-state index in [-0.39, 0.29) is 5.91 Å². The van der Waals surface area contributed by atoms with Gasteiger partial charge in [-0.05, 0) is 17.7 Å². The predicted molar refractivity (Wildman–Crippen MR) is 81.5 cm³/mol. The van der Waals surface area contributed by atoms with Gasteiger partial charge in [0.15, 0.2) is 0 Å². The standard InChI is InChI=1S/C14H21BrN2O3/c1-20-8-7-17-14(19)5-6-16-10-13(18)11-3-2-4-12(15)9-11/h2-4,9,13,16,18H,5-8,10H2,1H3,(H,17,19). The number of hydrogen-bond donors (Lipinski definition) is 3. The minimum Gasteiger partial charge on any atom is -0.387 e. The van der Waals surface area contributed by atoms with E-state index < -0.39 is 6.10 Å². The summed E-state index contributed by atoms with van der Waals surface area (Å²) in [6, 6.07) is 7.54. The second-order valence-electron chi connectivity index (χ2n) is 4.37. The topological polar surface area (TPSA) is 70.6 Å². The van der Waals surface area contributed by atoms with Crippen molar-refractivity contribution in [2.45, 2.75) is 12.5 Å². The van der Waals surface area contributed by atoms with E-state index in [1.165, 1.54) is 0 Å². The maximum absolute atomic E-state index is 11.4. The van der Waals surface area contributed by atoms with Crippen LogP contribution in [0.3, 0.4) is 0 Å². The first kappa shape index (κ1) is 17.1. The largest absolute Gasteiger partial charge is 0.387 e. The van der Waals surface area contributed by atoms with E-state index in [0.29, 0.717) is 32.7 Å². The number of amides is 1. The molecule has 0 bridgehead atoms. The molecule has 1 aromatic carbocycles. The maximum atomic E-state index is 11.4. The summed E-state index contributed by atoms with van der Waals surface area (Å²) in [7, 11) is 1.59. The Morgan fingerprint density at radius 3 is 2.95 bits per heavy atom. The van der Waals surface area contributed by atoms with Crippen LogP contribution in [-0.4, -0.2) is 44.4 Å². The lowest BCUT2D eigenvalue weighted by Crippen LogP contribution is -2.31. The normalized spacial score (nSPS) is 12.2. The van der Waals surface area contributed by atoms with Crippen molar-refractivity contribution >= 4 is 21.8 Å². The highest BCUT2D eigenvalue weighted by atomic mass is 79.9. The van der Waals surface area contributed by atoms with E-state index in [0.717, 1.165) is 10.0 Å². The third-order valence-corrected chi connectivity index (χ3v) is 3.22. The molecule has 6 heteroatoms. The summed E-state index contributed by atoms with van der Waals surface area (Å²) in [6.07, 6.45) is -0.196. The fourth-order valence-corrected chi connectivity index (χ4v) is 2.07. The summed E-state index contributed by atoms with van der Waals surface area (Å²) in [5, 5.41) is 15.8. The van der Waals surface area contributed by atoms with Crippen LogP contribution >= 0.6 is 15.9 Å². The van der Waals surface area contributed by atoms with Crippen molar-refractivity contribution < 1.29 is 14.6 Å². The molecule has 0 fully saturated rings. The highest BCUT2D eigenvalue weighted by Gasteiger charge is 2.07. The molecule has 3 N–H and O–H groups in total. The van der Waals surface area contributed by atoms with Crippen molar-refractivity contribution in [3.63, 3.8) is 0 Å². The lowest BCUT2D eigenvalue weighted by Gasteiger charge is -2.12. The predicted octanol–water partition coefficient (Wildman–Crippen LogP) is 1.22. The number of nitrogens with one attached hydrogen (secondary N) is 2. The molecule has 1 atom stereocenters. The Labute approximate surface area is 127 Å². The summed E-state index contributed by atoms with van der Waals surface area (Å²) in [5.41, 5.74) is 0.844. The van der Waals surface area contributed by atoms with E-state index >= 15 is 0 Å². The molecule has 20 heavy (non-hydrogen) atoms. The SMILES string of the molecule is COCCNC(=O)CCNCC(O)c1cccc(Br)c1. The fraction of sp³-hybridized carbons (Fsp3) is 0.500. The Morgan fingerprint density at radius 2 is 2.25 bits per heavy atom. The van der Waals surface area contributed by atoms with Gasteiger partial charge in [-0.2, -0.15) is 0 Å². The molecule has 0 aliphatic carbocycles. The monoisotopic (exact) mass is 344 g/mol. The molecule has 0 aliphatic heterocycles. The number of hydrogen-bond acceptors (Lipinski definition) is 4. The molecule has 1 unspecified atom stereocenters. The molecule has 0 aromatic heterocycles. The van der Waals surface area contributed by atoms with Gasteiger partial charge in [0.1, 0.15) is 0 Å². The van der Waals surface area contributed by atoms with E-state index in [4.69, 9.17) is 4.74 Å². The van der Waals surface area contributed by atoms with Crippen LogP contribution < -0.4 is 10.6 Å². The van der Waals surface area contributed by atoms with Gasteiger partial charge in [-0.3, -0.25) is 4.79 Å². The quantitative estimate of drug-likeness (QED) is 0.589. The summed E-state index contributed by atoms with van der Waals surface area (Å²) in [6.45, 7) is 1.99. The van der Waals surface area contributed by atoms with E-state index in [1.54, 1.807) is 7.11 Å². The lowest BCUT2D eigenvalue weighted by atomic mass is 10.1. The number of rotatable bonds is 9. The highest BCUT2D eigenvalue weighted by molar-refractivity contribution is 9.10. The van der Waals surface area contributed by atoms with Crippen LogP contribution in [0.4, 0.5) is 0 Å². The number of ether oxygens (including phenoxy) is 1. The molecular weight excluding hydrogens is 324 g/mol. The summed E-state index contributed by atoms with van der Waals surface area (Å²) >= 11 is 3.37. The van der Waals surface area contributed by atoms with E-state index in [2.05, 4.69) is 26.6 Å². The van der Waals surface area contributed by atoms with Crippen LogP contribution in [0.1, 0.15) is 18.1 Å². The molecule has 112 valence electrons. The minimum atomic E-state index is -0.580.